The number of benzene rings is 2. The van der Waals surface area contributed by atoms with Gasteiger partial charge in [-0.3, -0.25) is 9.59 Å². The van der Waals surface area contributed by atoms with Crippen LogP contribution >= 0.6 is 11.6 Å². The summed E-state index contributed by atoms with van der Waals surface area (Å²) in [6, 6.07) is 12.7. The number of carbonyl (C=O) groups is 2. The van der Waals surface area contributed by atoms with Gasteiger partial charge in [0.2, 0.25) is 0 Å². The molecule has 0 unspecified atom stereocenters. The largest absolute Gasteiger partial charge is 0.481 e. The van der Waals surface area contributed by atoms with Crippen LogP contribution in [-0.2, 0) is 16.0 Å². The van der Waals surface area contributed by atoms with E-state index in [1.54, 1.807) is 24.4 Å². The Kier molecular flexibility index (Phi) is 4.53. The highest BCUT2D eigenvalue weighted by molar-refractivity contribution is 6.34. The Hall–Kier alpha value is -2.79. The maximum Gasteiger partial charge on any atom is 0.303 e. The highest BCUT2D eigenvalue weighted by Gasteiger charge is 2.24. The summed E-state index contributed by atoms with van der Waals surface area (Å²) in [5, 5.41) is 15.2. The van der Waals surface area contributed by atoms with Crippen molar-refractivity contribution in [1.82, 2.24) is 0 Å². The van der Waals surface area contributed by atoms with Crippen LogP contribution in [0.4, 0.5) is 11.4 Å². The molecule has 0 bridgehead atoms. The van der Waals surface area contributed by atoms with Crippen molar-refractivity contribution < 1.29 is 14.7 Å². The zero-order valence-electron chi connectivity index (χ0n) is 12.7. The summed E-state index contributed by atoms with van der Waals surface area (Å²) in [6.07, 6.45) is 2.17. The van der Waals surface area contributed by atoms with E-state index in [4.69, 9.17) is 16.7 Å². The van der Waals surface area contributed by atoms with Gasteiger partial charge in [-0.2, -0.15) is 0 Å². The van der Waals surface area contributed by atoms with Gasteiger partial charge in [0, 0.05) is 34.6 Å². The number of carboxylic acids is 1. The molecule has 1 heterocycles. The van der Waals surface area contributed by atoms with E-state index in [2.05, 4.69) is 10.6 Å². The first-order valence-corrected chi connectivity index (χ1v) is 7.79. The van der Waals surface area contributed by atoms with Crippen LogP contribution in [0.3, 0.4) is 0 Å². The molecule has 0 spiro atoms. The first kappa shape index (κ1) is 16.1. The summed E-state index contributed by atoms with van der Waals surface area (Å²) >= 11 is 6.00. The summed E-state index contributed by atoms with van der Waals surface area (Å²) in [5.74, 6) is -1.02. The number of aliphatic carboxylic acids is 1. The Labute approximate surface area is 144 Å². The van der Waals surface area contributed by atoms with Crippen LogP contribution in [0.1, 0.15) is 17.5 Å². The molecular formula is C18H15ClN2O3. The van der Waals surface area contributed by atoms with Gasteiger partial charge in [0.1, 0.15) is 0 Å². The number of halogens is 1. The van der Waals surface area contributed by atoms with Gasteiger partial charge in [0.15, 0.2) is 0 Å². The predicted molar refractivity (Wildman–Crippen MR) is 94.1 cm³/mol. The maximum atomic E-state index is 12.1. The van der Waals surface area contributed by atoms with Gasteiger partial charge in [-0.25, -0.2) is 0 Å². The van der Waals surface area contributed by atoms with Crippen LogP contribution in [-0.4, -0.2) is 17.0 Å². The topological polar surface area (TPSA) is 78.4 Å². The van der Waals surface area contributed by atoms with Crippen molar-refractivity contribution >= 4 is 40.4 Å². The molecule has 5 nitrogen and oxygen atoms in total. The molecule has 2 aromatic carbocycles. The molecule has 122 valence electrons. The van der Waals surface area contributed by atoms with E-state index in [-0.39, 0.29) is 12.3 Å². The van der Waals surface area contributed by atoms with E-state index in [0.717, 1.165) is 22.5 Å². The van der Waals surface area contributed by atoms with Crippen LogP contribution in [0, 0.1) is 0 Å². The quantitative estimate of drug-likeness (QED) is 0.723. The number of carboxylic acid groups (broad SMARTS) is 1. The Balaban J connectivity index is 1.79. The second kappa shape index (κ2) is 6.76. The Bertz CT molecular complexity index is 846. The van der Waals surface area contributed by atoms with E-state index < -0.39 is 5.97 Å². The summed E-state index contributed by atoms with van der Waals surface area (Å²) in [6.45, 7) is 0. The number of aryl methyl sites for hydroxylation is 1. The molecule has 2 aromatic rings. The molecule has 3 rings (SSSR count). The summed E-state index contributed by atoms with van der Waals surface area (Å²) < 4.78 is 0. The zero-order chi connectivity index (χ0) is 17.1. The molecule has 0 fully saturated rings. The molecule has 1 aliphatic heterocycles. The Morgan fingerprint density at radius 1 is 1.25 bits per heavy atom. The van der Waals surface area contributed by atoms with Crippen LogP contribution in [0.5, 0.6) is 0 Å². The Morgan fingerprint density at radius 3 is 2.88 bits per heavy atom. The molecule has 3 N–H and O–H groups in total. The lowest BCUT2D eigenvalue weighted by molar-refractivity contribution is -0.137. The molecule has 6 heteroatoms. The standard InChI is InChI=1S/C18H15ClN2O3/c19-12-5-6-16-14(9-12)15(18(24)21-16)10-20-13-3-1-2-11(8-13)4-7-17(22)23/h1-3,5-6,8-10,20H,4,7H2,(H,21,24)(H,22,23)/b15-10-. The molecule has 1 aliphatic rings. The number of nitrogens with one attached hydrogen (secondary N) is 2. The molecule has 0 saturated carbocycles. The highest BCUT2D eigenvalue weighted by Crippen LogP contribution is 2.33. The van der Waals surface area contributed by atoms with Crippen molar-refractivity contribution in [2.45, 2.75) is 12.8 Å². The summed E-state index contributed by atoms with van der Waals surface area (Å²) in [7, 11) is 0. The van der Waals surface area contributed by atoms with E-state index in [1.807, 2.05) is 24.3 Å². The third-order valence-electron chi connectivity index (χ3n) is 3.70. The third-order valence-corrected chi connectivity index (χ3v) is 3.94. The lowest BCUT2D eigenvalue weighted by atomic mass is 10.1. The minimum atomic E-state index is -0.827. The lowest BCUT2D eigenvalue weighted by Gasteiger charge is -2.05. The fourth-order valence-corrected chi connectivity index (χ4v) is 2.70. The molecular weight excluding hydrogens is 328 g/mol. The van der Waals surface area contributed by atoms with Crippen molar-refractivity contribution in [3.63, 3.8) is 0 Å². The van der Waals surface area contributed by atoms with Gasteiger partial charge in [-0.1, -0.05) is 23.7 Å². The van der Waals surface area contributed by atoms with Crippen molar-refractivity contribution in [1.29, 1.82) is 0 Å². The smallest absolute Gasteiger partial charge is 0.303 e. The van der Waals surface area contributed by atoms with Crippen LogP contribution in [0.25, 0.3) is 5.57 Å². The van der Waals surface area contributed by atoms with Gasteiger partial charge in [-0.15, -0.1) is 0 Å². The lowest BCUT2D eigenvalue weighted by Crippen LogP contribution is -2.05. The molecule has 0 atom stereocenters. The minimum Gasteiger partial charge on any atom is -0.481 e. The molecule has 0 radical (unpaired) electrons. The summed E-state index contributed by atoms with van der Waals surface area (Å²) in [5.41, 5.74) is 3.69. The molecule has 0 aliphatic carbocycles. The van der Waals surface area contributed by atoms with Crippen molar-refractivity contribution in [3.05, 3.63) is 64.8 Å². The fourth-order valence-electron chi connectivity index (χ4n) is 2.53. The van der Waals surface area contributed by atoms with Gasteiger partial charge in [0.25, 0.3) is 5.91 Å². The van der Waals surface area contributed by atoms with Gasteiger partial charge in [0.05, 0.1) is 5.57 Å². The number of amides is 1. The van der Waals surface area contributed by atoms with E-state index >= 15 is 0 Å². The number of carbonyl (C=O) groups excluding carboxylic acids is 1. The normalized spacial score (nSPS) is 14.4. The fraction of sp³-hybridized carbons (Fsp3) is 0.111. The third kappa shape index (κ3) is 3.58. The molecule has 1 amide bonds. The number of fused-ring (bicyclic) bond motifs is 1. The van der Waals surface area contributed by atoms with E-state index in [1.165, 1.54) is 0 Å². The van der Waals surface area contributed by atoms with Gasteiger partial charge >= 0.3 is 5.97 Å². The van der Waals surface area contributed by atoms with Gasteiger partial charge in [-0.05, 0) is 42.3 Å². The SMILES string of the molecule is O=C(O)CCc1cccc(N/C=C2\C(=O)Nc3ccc(Cl)cc32)c1. The summed E-state index contributed by atoms with van der Waals surface area (Å²) in [4.78, 5) is 22.7. The number of rotatable bonds is 5. The van der Waals surface area contributed by atoms with Crippen molar-refractivity contribution in [2.75, 3.05) is 10.6 Å². The molecule has 0 saturated heterocycles. The number of hydrogen-bond donors (Lipinski definition) is 3. The zero-order valence-corrected chi connectivity index (χ0v) is 13.4. The van der Waals surface area contributed by atoms with E-state index in [0.29, 0.717) is 17.0 Å². The second-order valence-electron chi connectivity index (χ2n) is 5.44. The highest BCUT2D eigenvalue weighted by atomic mass is 35.5. The molecule has 24 heavy (non-hydrogen) atoms. The first-order chi connectivity index (χ1) is 11.5. The monoisotopic (exact) mass is 342 g/mol. The van der Waals surface area contributed by atoms with Gasteiger partial charge < -0.3 is 15.7 Å². The molecule has 0 aromatic heterocycles. The average molecular weight is 343 g/mol. The number of anilines is 2. The Morgan fingerprint density at radius 2 is 2.08 bits per heavy atom. The van der Waals surface area contributed by atoms with Crippen molar-refractivity contribution in [2.24, 2.45) is 0 Å². The van der Waals surface area contributed by atoms with Crippen LogP contribution < -0.4 is 10.6 Å². The van der Waals surface area contributed by atoms with Crippen molar-refractivity contribution in [3.8, 4) is 0 Å². The maximum absolute atomic E-state index is 12.1. The van der Waals surface area contributed by atoms with Crippen LogP contribution in [0.2, 0.25) is 5.02 Å². The number of hydrogen-bond acceptors (Lipinski definition) is 3. The van der Waals surface area contributed by atoms with E-state index in [9.17, 15) is 9.59 Å². The van der Waals surface area contributed by atoms with Crippen LogP contribution in [0.15, 0.2) is 48.7 Å². The minimum absolute atomic E-state index is 0.0822. The predicted octanol–water partition coefficient (Wildman–Crippen LogP) is 3.76. The average Bonchev–Trinajstić information content (AvgIpc) is 2.86. The first-order valence-electron chi connectivity index (χ1n) is 7.41. The second-order valence-corrected chi connectivity index (χ2v) is 5.88.